The van der Waals surface area contributed by atoms with E-state index in [1.807, 2.05) is 30.3 Å². The highest BCUT2D eigenvalue weighted by molar-refractivity contribution is 5.37. The first-order valence-corrected chi connectivity index (χ1v) is 7.01. The molecule has 2 aromatic carbocycles. The smallest absolute Gasteiger partial charge is 0.137 e. The van der Waals surface area contributed by atoms with Crippen molar-refractivity contribution >= 4 is 0 Å². The Morgan fingerprint density at radius 3 is 2.90 bits per heavy atom. The fraction of sp³-hybridized carbons (Fsp3) is 0.294. The molecule has 1 aliphatic heterocycles. The molecule has 1 unspecified atom stereocenters. The van der Waals surface area contributed by atoms with Gasteiger partial charge in [0.15, 0.2) is 0 Å². The van der Waals surface area contributed by atoms with E-state index in [4.69, 9.17) is 15.2 Å². The van der Waals surface area contributed by atoms with Crippen molar-refractivity contribution in [3.05, 3.63) is 59.7 Å². The number of nitrogens with two attached hydrogens (primary N) is 1. The zero-order chi connectivity index (χ0) is 13.8. The van der Waals surface area contributed by atoms with Crippen LogP contribution in [0.5, 0.6) is 11.5 Å². The minimum atomic E-state index is 0.102. The summed E-state index contributed by atoms with van der Waals surface area (Å²) < 4.78 is 11.7. The Morgan fingerprint density at radius 2 is 2.05 bits per heavy atom. The number of benzene rings is 2. The lowest BCUT2D eigenvalue weighted by molar-refractivity contribution is 0.148. The molecule has 2 N–H and O–H groups in total. The molecule has 104 valence electrons. The Balaban J connectivity index is 1.57. The Labute approximate surface area is 119 Å². The Hall–Kier alpha value is -2.00. The van der Waals surface area contributed by atoms with E-state index in [0.29, 0.717) is 13.2 Å². The van der Waals surface area contributed by atoms with E-state index in [9.17, 15) is 0 Å². The Morgan fingerprint density at radius 1 is 1.15 bits per heavy atom. The molecular formula is C17H19NO2. The molecule has 1 heterocycles. The fourth-order valence-corrected chi connectivity index (χ4v) is 2.49. The van der Waals surface area contributed by atoms with Crippen LogP contribution >= 0.6 is 0 Å². The molecule has 20 heavy (non-hydrogen) atoms. The summed E-state index contributed by atoms with van der Waals surface area (Å²) in [7, 11) is 0. The second-order valence-electron chi connectivity index (χ2n) is 5.05. The van der Waals surface area contributed by atoms with Crippen LogP contribution in [0.3, 0.4) is 0 Å². The van der Waals surface area contributed by atoms with E-state index in [-0.39, 0.29) is 6.10 Å². The van der Waals surface area contributed by atoms with Gasteiger partial charge in [-0.05, 0) is 42.3 Å². The van der Waals surface area contributed by atoms with Crippen LogP contribution in [0, 0.1) is 0 Å². The van der Waals surface area contributed by atoms with E-state index in [0.717, 1.165) is 24.3 Å². The van der Waals surface area contributed by atoms with Gasteiger partial charge >= 0.3 is 0 Å². The summed E-state index contributed by atoms with van der Waals surface area (Å²) in [4.78, 5) is 0. The zero-order valence-corrected chi connectivity index (χ0v) is 11.4. The largest absolute Gasteiger partial charge is 0.490 e. The number of hydrogen-bond donors (Lipinski definition) is 1. The van der Waals surface area contributed by atoms with Crippen LogP contribution in [0.15, 0.2) is 48.5 Å². The van der Waals surface area contributed by atoms with E-state index >= 15 is 0 Å². The highest BCUT2D eigenvalue weighted by Crippen LogP contribution is 2.28. The van der Waals surface area contributed by atoms with E-state index in [1.165, 1.54) is 11.1 Å². The van der Waals surface area contributed by atoms with E-state index in [2.05, 4.69) is 18.2 Å². The van der Waals surface area contributed by atoms with Gasteiger partial charge in [0.05, 0.1) is 0 Å². The summed E-state index contributed by atoms with van der Waals surface area (Å²) in [5.41, 5.74) is 8.04. The SMILES string of the molecule is NCCc1cccc(OCC2Cc3ccccc3O2)c1. The molecule has 1 aliphatic rings. The second-order valence-corrected chi connectivity index (χ2v) is 5.05. The molecule has 3 nitrogen and oxygen atoms in total. The van der Waals surface area contributed by atoms with E-state index < -0.39 is 0 Å². The van der Waals surface area contributed by atoms with Gasteiger partial charge in [-0.15, -0.1) is 0 Å². The van der Waals surface area contributed by atoms with Crippen LogP contribution in [-0.4, -0.2) is 19.3 Å². The molecule has 3 heteroatoms. The average Bonchev–Trinajstić information content (AvgIpc) is 2.89. The molecule has 1 atom stereocenters. The van der Waals surface area contributed by atoms with Crippen molar-refractivity contribution in [2.24, 2.45) is 5.73 Å². The van der Waals surface area contributed by atoms with Crippen LogP contribution in [-0.2, 0) is 12.8 Å². The lowest BCUT2D eigenvalue weighted by atomic mass is 10.1. The Kier molecular flexibility index (Phi) is 3.88. The highest BCUT2D eigenvalue weighted by atomic mass is 16.5. The van der Waals surface area contributed by atoms with Gasteiger partial charge in [0.25, 0.3) is 0 Å². The Bertz CT molecular complexity index is 558. The van der Waals surface area contributed by atoms with Gasteiger partial charge in [-0.3, -0.25) is 0 Å². The standard InChI is InChI=1S/C17H19NO2/c18-9-8-13-4-3-6-15(10-13)19-12-16-11-14-5-1-2-7-17(14)20-16/h1-7,10,16H,8-9,11-12,18H2. The lowest BCUT2D eigenvalue weighted by Crippen LogP contribution is -2.22. The zero-order valence-electron chi connectivity index (χ0n) is 11.4. The molecule has 2 aromatic rings. The summed E-state index contributed by atoms with van der Waals surface area (Å²) in [6.45, 7) is 1.23. The van der Waals surface area contributed by atoms with Gasteiger partial charge in [0.2, 0.25) is 0 Å². The van der Waals surface area contributed by atoms with Crippen LogP contribution in [0.4, 0.5) is 0 Å². The predicted molar refractivity (Wildman–Crippen MR) is 79.3 cm³/mol. The number of para-hydroxylation sites is 1. The quantitative estimate of drug-likeness (QED) is 0.907. The van der Waals surface area contributed by atoms with Crippen molar-refractivity contribution in [1.82, 2.24) is 0 Å². The van der Waals surface area contributed by atoms with Gasteiger partial charge in [-0.25, -0.2) is 0 Å². The first-order chi connectivity index (χ1) is 9.85. The molecule has 0 aliphatic carbocycles. The third-order valence-electron chi connectivity index (χ3n) is 3.48. The van der Waals surface area contributed by atoms with Crippen LogP contribution in [0.2, 0.25) is 0 Å². The molecule has 0 saturated carbocycles. The number of rotatable bonds is 5. The third-order valence-corrected chi connectivity index (χ3v) is 3.48. The van der Waals surface area contributed by atoms with Crippen LogP contribution in [0.1, 0.15) is 11.1 Å². The summed E-state index contributed by atoms with van der Waals surface area (Å²) in [5, 5.41) is 0. The van der Waals surface area contributed by atoms with Crippen molar-refractivity contribution < 1.29 is 9.47 Å². The molecule has 0 bridgehead atoms. The minimum Gasteiger partial charge on any atom is -0.490 e. The van der Waals surface area contributed by atoms with Gasteiger partial charge in [0, 0.05) is 6.42 Å². The van der Waals surface area contributed by atoms with Crippen LogP contribution in [0.25, 0.3) is 0 Å². The minimum absolute atomic E-state index is 0.102. The van der Waals surface area contributed by atoms with Crippen molar-refractivity contribution in [1.29, 1.82) is 0 Å². The molecule has 0 aromatic heterocycles. The summed E-state index contributed by atoms with van der Waals surface area (Å²) in [6, 6.07) is 16.3. The van der Waals surface area contributed by atoms with Crippen molar-refractivity contribution in [3.8, 4) is 11.5 Å². The maximum absolute atomic E-state index is 5.86. The predicted octanol–water partition coefficient (Wildman–Crippen LogP) is 2.57. The van der Waals surface area contributed by atoms with Crippen LogP contribution < -0.4 is 15.2 Å². The average molecular weight is 269 g/mol. The fourth-order valence-electron chi connectivity index (χ4n) is 2.49. The molecule has 0 saturated heterocycles. The molecule has 0 fully saturated rings. The highest BCUT2D eigenvalue weighted by Gasteiger charge is 2.22. The molecule has 0 amide bonds. The van der Waals surface area contributed by atoms with Gasteiger partial charge in [-0.1, -0.05) is 30.3 Å². The molecule has 3 rings (SSSR count). The normalized spacial score (nSPS) is 16.6. The van der Waals surface area contributed by atoms with Gasteiger partial charge in [-0.2, -0.15) is 0 Å². The maximum atomic E-state index is 5.86. The molecular weight excluding hydrogens is 250 g/mol. The van der Waals surface area contributed by atoms with Crippen molar-refractivity contribution in [2.45, 2.75) is 18.9 Å². The number of ether oxygens (including phenoxy) is 2. The first-order valence-electron chi connectivity index (χ1n) is 7.01. The van der Waals surface area contributed by atoms with E-state index in [1.54, 1.807) is 0 Å². The van der Waals surface area contributed by atoms with Crippen molar-refractivity contribution in [3.63, 3.8) is 0 Å². The second kappa shape index (κ2) is 5.97. The summed E-state index contributed by atoms with van der Waals surface area (Å²) in [6.07, 6.45) is 1.90. The molecule has 0 spiro atoms. The lowest BCUT2D eigenvalue weighted by Gasteiger charge is -2.13. The molecule has 0 radical (unpaired) electrons. The number of hydrogen-bond acceptors (Lipinski definition) is 3. The first kappa shape index (κ1) is 13.0. The van der Waals surface area contributed by atoms with Gasteiger partial charge < -0.3 is 15.2 Å². The van der Waals surface area contributed by atoms with Gasteiger partial charge in [0.1, 0.15) is 24.2 Å². The number of fused-ring (bicyclic) bond motifs is 1. The maximum Gasteiger partial charge on any atom is 0.137 e. The third kappa shape index (κ3) is 2.94. The van der Waals surface area contributed by atoms with Crippen molar-refractivity contribution in [2.75, 3.05) is 13.2 Å². The summed E-state index contributed by atoms with van der Waals surface area (Å²) >= 11 is 0. The summed E-state index contributed by atoms with van der Waals surface area (Å²) in [5.74, 6) is 1.87. The monoisotopic (exact) mass is 269 g/mol. The topological polar surface area (TPSA) is 44.5 Å².